The van der Waals surface area contributed by atoms with Crippen LogP contribution in [0.2, 0.25) is 0 Å². The second-order valence-corrected chi connectivity index (χ2v) is 7.78. The van der Waals surface area contributed by atoms with Crippen LogP contribution >= 0.6 is 27.7 Å². The predicted molar refractivity (Wildman–Crippen MR) is 111 cm³/mol. The van der Waals surface area contributed by atoms with Crippen LogP contribution in [0.15, 0.2) is 52.0 Å². The Hall–Kier alpha value is -2.76. The summed E-state index contributed by atoms with van der Waals surface area (Å²) in [6, 6.07) is 14.9. The molecule has 8 heteroatoms. The second kappa shape index (κ2) is 8.09. The minimum absolute atomic E-state index is 0.138. The van der Waals surface area contributed by atoms with E-state index in [-0.39, 0.29) is 11.7 Å². The highest BCUT2D eigenvalue weighted by Gasteiger charge is 2.16. The normalized spacial score (nSPS) is 12.4. The second-order valence-electron chi connectivity index (χ2n) is 5.96. The molecule has 1 aliphatic heterocycles. The number of aromatic nitrogens is 1. The van der Waals surface area contributed by atoms with Crippen molar-refractivity contribution in [1.29, 1.82) is 5.26 Å². The molecule has 0 unspecified atom stereocenters. The number of nitriles is 1. The molecule has 0 saturated carbocycles. The van der Waals surface area contributed by atoms with Gasteiger partial charge in [-0.1, -0.05) is 23.9 Å². The number of benzene rings is 2. The lowest BCUT2D eigenvalue weighted by atomic mass is 10.1. The number of thioether (sulfide) groups is 1. The maximum absolute atomic E-state index is 12.3. The minimum atomic E-state index is -0.176. The Labute approximate surface area is 174 Å². The number of amides is 1. The molecule has 28 heavy (non-hydrogen) atoms. The van der Waals surface area contributed by atoms with Gasteiger partial charge in [0.15, 0.2) is 11.5 Å². The molecule has 0 radical (unpaired) electrons. The molecule has 140 valence electrons. The third kappa shape index (κ3) is 3.91. The summed E-state index contributed by atoms with van der Waals surface area (Å²) in [5, 5.41) is 13.6. The van der Waals surface area contributed by atoms with Crippen molar-refractivity contribution in [2.45, 2.75) is 5.03 Å². The Morgan fingerprint density at radius 3 is 2.71 bits per heavy atom. The number of hydrogen-bond acceptors (Lipinski definition) is 6. The molecule has 1 N–H and O–H groups in total. The number of nitrogens with one attached hydrogen (secondary N) is 1. The van der Waals surface area contributed by atoms with Gasteiger partial charge in [0.1, 0.15) is 24.3 Å². The van der Waals surface area contributed by atoms with Gasteiger partial charge in [-0.2, -0.15) is 5.26 Å². The van der Waals surface area contributed by atoms with Crippen molar-refractivity contribution in [1.82, 2.24) is 4.98 Å². The number of halogens is 1. The van der Waals surface area contributed by atoms with Gasteiger partial charge in [0.25, 0.3) is 0 Å². The number of ether oxygens (including phenoxy) is 2. The number of para-hydroxylation sites is 1. The molecule has 0 spiro atoms. The Balaban J connectivity index is 1.55. The highest BCUT2D eigenvalue weighted by atomic mass is 79.9. The molecule has 1 aliphatic rings. The number of carbonyl (C=O) groups excluding carboxylic acids is 1. The molecule has 1 aromatic heterocycles. The van der Waals surface area contributed by atoms with Gasteiger partial charge < -0.3 is 14.8 Å². The predicted octanol–water partition coefficient (Wildman–Crippen LogP) is 4.37. The summed E-state index contributed by atoms with van der Waals surface area (Å²) in [5.74, 6) is 1.25. The summed E-state index contributed by atoms with van der Waals surface area (Å²) in [6.45, 7) is 0.989. The quantitative estimate of drug-likeness (QED) is 0.587. The topological polar surface area (TPSA) is 84.2 Å². The molecule has 0 fully saturated rings. The average Bonchev–Trinajstić information content (AvgIpc) is 2.71. The molecule has 0 atom stereocenters. The minimum Gasteiger partial charge on any atom is -0.486 e. The van der Waals surface area contributed by atoms with Gasteiger partial charge >= 0.3 is 0 Å². The van der Waals surface area contributed by atoms with Crippen molar-refractivity contribution in [3.63, 3.8) is 0 Å². The third-order valence-electron chi connectivity index (χ3n) is 4.05. The first-order valence-corrected chi connectivity index (χ1v) is 10.2. The molecule has 0 saturated heterocycles. The van der Waals surface area contributed by atoms with Gasteiger partial charge in [-0.3, -0.25) is 4.79 Å². The zero-order valence-electron chi connectivity index (χ0n) is 14.6. The molecule has 2 aromatic carbocycles. The lowest BCUT2D eigenvalue weighted by Gasteiger charge is -2.18. The molecule has 3 aromatic rings. The van der Waals surface area contributed by atoms with Crippen molar-refractivity contribution in [3.8, 4) is 17.6 Å². The summed E-state index contributed by atoms with van der Waals surface area (Å²) in [6.07, 6.45) is 0. The zero-order chi connectivity index (χ0) is 19.5. The average molecular weight is 456 g/mol. The van der Waals surface area contributed by atoms with Crippen LogP contribution in [-0.2, 0) is 4.79 Å². The lowest BCUT2D eigenvalue weighted by Crippen LogP contribution is -2.15. The first-order valence-electron chi connectivity index (χ1n) is 8.46. The van der Waals surface area contributed by atoms with Crippen LogP contribution in [0.3, 0.4) is 0 Å². The van der Waals surface area contributed by atoms with E-state index in [0.29, 0.717) is 46.5 Å². The molecule has 0 aliphatic carbocycles. The van der Waals surface area contributed by atoms with Crippen LogP contribution in [0.1, 0.15) is 5.56 Å². The van der Waals surface area contributed by atoms with Crippen molar-refractivity contribution in [3.05, 3.63) is 52.5 Å². The Kier molecular flexibility index (Phi) is 5.37. The smallest absolute Gasteiger partial charge is 0.234 e. The van der Waals surface area contributed by atoms with Gasteiger partial charge in [-0.15, -0.1) is 0 Å². The van der Waals surface area contributed by atoms with Gasteiger partial charge in [-0.05, 0) is 40.2 Å². The van der Waals surface area contributed by atoms with E-state index < -0.39 is 0 Å². The first kappa shape index (κ1) is 18.6. The van der Waals surface area contributed by atoms with Crippen LogP contribution in [0.5, 0.6) is 11.5 Å². The molecular formula is C20H14BrN3O3S. The van der Waals surface area contributed by atoms with Gasteiger partial charge in [0.2, 0.25) is 5.91 Å². The van der Waals surface area contributed by atoms with Crippen molar-refractivity contribution in [2.24, 2.45) is 0 Å². The molecule has 2 heterocycles. The fourth-order valence-corrected chi connectivity index (χ4v) is 3.91. The largest absolute Gasteiger partial charge is 0.486 e. The van der Waals surface area contributed by atoms with Crippen LogP contribution in [-0.4, -0.2) is 29.9 Å². The first-order chi connectivity index (χ1) is 13.6. The van der Waals surface area contributed by atoms with Crippen LogP contribution in [0.25, 0.3) is 10.9 Å². The summed E-state index contributed by atoms with van der Waals surface area (Å²) < 4.78 is 12.0. The summed E-state index contributed by atoms with van der Waals surface area (Å²) >= 11 is 4.63. The summed E-state index contributed by atoms with van der Waals surface area (Å²) in [4.78, 5) is 16.9. The van der Waals surface area contributed by atoms with E-state index in [9.17, 15) is 10.1 Å². The fourth-order valence-electron chi connectivity index (χ4n) is 2.77. The van der Waals surface area contributed by atoms with Crippen LogP contribution in [0, 0.1) is 11.3 Å². The number of carbonyl (C=O) groups is 1. The van der Waals surface area contributed by atoms with Crippen LogP contribution < -0.4 is 14.8 Å². The highest BCUT2D eigenvalue weighted by Crippen LogP contribution is 2.35. The van der Waals surface area contributed by atoms with Crippen LogP contribution in [0.4, 0.5) is 5.69 Å². The van der Waals surface area contributed by atoms with Gasteiger partial charge in [-0.25, -0.2) is 4.98 Å². The Bertz CT molecular complexity index is 1110. The van der Waals surface area contributed by atoms with Crippen molar-refractivity contribution < 1.29 is 14.3 Å². The summed E-state index contributed by atoms with van der Waals surface area (Å²) in [5.41, 5.74) is 1.81. The standard InChI is InChI=1S/C20H14BrN3O3S/c21-14-3-1-2-4-15(14)23-19(25)11-28-20-13(10-22)7-12-8-17-18(9-16(12)24-20)27-6-5-26-17/h1-4,7-9H,5-6,11H2,(H,23,25). The number of rotatable bonds is 4. The maximum Gasteiger partial charge on any atom is 0.234 e. The number of anilines is 1. The number of hydrogen-bond donors (Lipinski definition) is 1. The molecule has 6 nitrogen and oxygen atoms in total. The van der Waals surface area contributed by atoms with Crippen molar-refractivity contribution >= 4 is 50.2 Å². The van der Waals surface area contributed by atoms with E-state index in [2.05, 4.69) is 32.3 Å². The van der Waals surface area contributed by atoms with E-state index in [4.69, 9.17) is 9.47 Å². The highest BCUT2D eigenvalue weighted by molar-refractivity contribution is 9.10. The fraction of sp³-hybridized carbons (Fsp3) is 0.150. The molecule has 0 bridgehead atoms. The van der Waals surface area contributed by atoms with E-state index >= 15 is 0 Å². The summed E-state index contributed by atoms with van der Waals surface area (Å²) in [7, 11) is 0. The van der Waals surface area contributed by atoms with E-state index in [1.54, 1.807) is 12.1 Å². The lowest BCUT2D eigenvalue weighted by molar-refractivity contribution is -0.113. The number of nitrogens with zero attached hydrogens (tertiary/aromatic N) is 2. The van der Waals surface area contributed by atoms with Gasteiger partial charge in [0.05, 0.1) is 22.5 Å². The maximum atomic E-state index is 12.3. The molecule has 1 amide bonds. The Morgan fingerprint density at radius 1 is 1.21 bits per heavy atom. The van der Waals surface area contributed by atoms with E-state index in [0.717, 1.165) is 9.86 Å². The Morgan fingerprint density at radius 2 is 1.96 bits per heavy atom. The zero-order valence-corrected chi connectivity index (χ0v) is 17.0. The SMILES string of the molecule is N#Cc1cc2cc3c(cc2nc1SCC(=O)Nc1ccccc1Br)OCCO3. The number of pyridine rings is 1. The van der Waals surface area contributed by atoms with E-state index in [1.807, 2.05) is 30.3 Å². The monoisotopic (exact) mass is 455 g/mol. The van der Waals surface area contributed by atoms with E-state index in [1.165, 1.54) is 11.8 Å². The van der Waals surface area contributed by atoms with Gasteiger partial charge in [0, 0.05) is 15.9 Å². The molecule has 4 rings (SSSR count). The number of fused-ring (bicyclic) bond motifs is 2. The molecular weight excluding hydrogens is 442 g/mol. The van der Waals surface area contributed by atoms with Crippen molar-refractivity contribution in [2.75, 3.05) is 24.3 Å². The third-order valence-corrected chi connectivity index (χ3v) is 5.73.